The van der Waals surface area contributed by atoms with Gasteiger partial charge in [-0.1, -0.05) is 11.8 Å². The summed E-state index contributed by atoms with van der Waals surface area (Å²) in [6.07, 6.45) is 3.64. The van der Waals surface area contributed by atoms with Crippen LogP contribution in [0.3, 0.4) is 0 Å². The fraction of sp³-hybridized carbons (Fsp3) is 0. The summed E-state index contributed by atoms with van der Waals surface area (Å²) < 4.78 is 0.956. The summed E-state index contributed by atoms with van der Waals surface area (Å²) in [5, 5.41) is 10.3. The van der Waals surface area contributed by atoms with Gasteiger partial charge in [0.1, 0.15) is 10.8 Å². The highest BCUT2D eigenvalue weighted by atomic mass is 32.1. The van der Waals surface area contributed by atoms with Crippen LogP contribution in [-0.2, 0) is 0 Å². The Morgan fingerprint density at radius 3 is 2.77 bits per heavy atom. The number of allylic oxidation sites excluding steroid dienone is 1. The molecule has 0 fully saturated rings. The van der Waals surface area contributed by atoms with Crippen molar-refractivity contribution in [3.63, 3.8) is 0 Å². The fourth-order valence-corrected chi connectivity index (χ4v) is 2.79. The van der Waals surface area contributed by atoms with Gasteiger partial charge in [0.05, 0.1) is 10.2 Å². The number of hydrazine groups is 1. The zero-order valence-corrected chi connectivity index (χ0v) is 12.4. The highest BCUT2D eigenvalue weighted by molar-refractivity contribution is 7.19. The van der Waals surface area contributed by atoms with Crippen LogP contribution in [0.25, 0.3) is 16.3 Å². The van der Waals surface area contributed by atoms with Gasteiger partial charge in [-0.3, -0.25) is 5.84 Å². The van der Waals surface area contributed by atoms with Crippen LogP contribution >= 0.6 is 11.3 Å². The maximum absolute atomic E-state index is 9.44. The molecular weight excluding hydrogens is 294 g/mol. The van der Waals surface area contributed by atoms with Gasteiger partial charge in [0.2, 0.25) is 0 Å². The third-order valence-electron chi connectivity index (χ3n) is 2.97. The van der Waals surface area contributed by atoms with Crippen LogP contribution in [0.2, 0.25) is 0 Å². The molecule has 108 valence electrons. The number of phenolic OH excluding ortho intramolecular Hbond substituents is 1. The van der Waals surface area contributed by atoms with Crippen molar-refractivity contribution in [3.8, 4) is 17.6 Å². The summed E-state index contributed by atoms with van der Waals surface area (Å²) in [6, 6.07) is 12.7. The fourth-order valence-electron chi connectivity index (χ4n) is 1.89. The SMILES string of the molecule is NNc1ccc(C#C/C=C/c2nc3ccc(O)cc3s2)cc1. The Morgan fingerprint density at radius 2 is 2.00 bits per heavy atom. The molecule has 0 bridgehead atoms. The molecule has 1 aromatic heterocycles. The van der Waals surface area contributed by atoms with Crippen molar-refractivity contribution in [3.05, 3.63) is 59.1 Å². The van der Waals surface area contributed by atoms with Crippen LogP contribution in [0.1, 0.15) is 10.6 Å². The first-order valence-corrected chi connectivity index (χ1v) is 7.40. The largest absolute Gasteiger partial charge is 0.508 e. The summed E-state index contributed by atoms with van der Waals surface area (Å²) >= 11 is 1.51. The topological polar surface area (TPSA) is 71.2 Å². The summed E-state index contributed by atoms with van der Waals surface area (Å²) in [5.41, 5.74) is 5.21. The van der Waals surface area contributed by atoms with Gasteiger partial charge in [-0.05, 0) is 54.6 Å². The molecule has 0 radical (unpaired) electrons. The molecule has 0 saturated heterocycles. The normalized spacial score (nSPS) is 10.6. The highest BCUT2D eigenvalue weighted by Gasteiger charge is 2.01. The average Bonchev–Trinajstić information content (AvgIpc) is 2.94. The summed E-state index contributed by atoms with van der Waals surface area (Å²) in [7, 11) is 0. The number of nitrogen functional groups attached to an aromatic ring is 1. The van der Waals surface area contributed by atoms with E-state index >= 15 is 0 Å². The van der Waals surface area contributed by atoms with E-state index in [2.05, 4.69) is 22.3 Å². The number of aromatic hydroxyl groups is 1. The molecule has 4 nitrogen and oxygen atoms in total. The molecule has 0 saturated carbocycles. The number of thiazole rings is 1. The van der Waals surface area contributed by atoms with E-state index in [1.54, 1.807) is 24.3 Å². The molecule has 4 N–H and O–H groups in total. The van der Waals surface area contributed by atoms with Gasteiger partial charge in [-0.15, -0.1) is 11.3 Å². The number of aromatic nitrogens is 1. The Hall–Kier alpha value is -2.81. The lowest BCUT2D eigenvalue weighted by Crippen LogP contribution is -2.05. The Morgan fingerprint density at radius 1 is 1.18 bits per heavy atom. The Bertz CT molecular complexity index is 886. The van der Waals surface area contributed by atoms with Crippen LogP contribution in [0.4, 0.5) is 5.69 Å². The molecule has 0 aliphatic carbocycles. The number of hydrogen-bond donors (Lipinski definition) is 3. The van der Waals surface area contributed by atoms with Crippen molar-refractivity contribution in [2.75, 3.05) is 5.43 Å². The smallest absolute Gasteiger partial charge is 0.117 e. The number of fused-ring (bicyclic) bond motifs is 1. The number of anilines is 1. The molecule has 0 atom stereocenters. The Kier molecular flexibility index (Phi) is 4.05. The minimum absolute atomic E-state index is 0.252. The number of nitrogens with one attached hydrogen (secondary N) is 1. The van der Waals surface area contributed by atoms with E-state index in [1.165, 1.54) is 11.3 Å². The van der Waals surface area contributed by atoms with Crippen molar-refractivity contribution < 1.29 is 5.11 Å². The average molecular weight is 307 g/mol. The van der Waals surface area contributed by atoms with Crippen molar-refractivity contribution >= 4 is 33.3 Å². The van der Waals surface area contributed by atoms with Crippen molar-refractivity contribution in [1.82, 2.24) is 4.98 Å². The molecule has 1 heterocycles. The Balaban J connectivity index is 1.74. The second kappa shape index (κ2) is 6.31. The lowest BCUT2D eigenvalue weighted by molar-refractivity contribution is 0.476. The van der Waals surface area contributed by atoms with E-state index in [0.717, 1.165) is 26.5 Å². The first-order valence-electron chi connectivity index (χ1n) is 6.59. The van der Waals surface area contributed by atoms with Gasteiger partial charge in [0.15, 0.2) is 0 Å². The maximum atomic E-state index is 9.44. The maximum Gasteiger partial charge on any atom is 0.117 e. The summed E-state index contributed by atoms with van der Waals surface area (Å²) in [4.78, 5) is 4.45. The molecule has 0 aliphatic heterocycles. The van der Waals surface area contributed by atoms with E-state index in [-0.39, 0.29) is 5.75 Å². The van der Waals surface area contributed by atoms with E-state index < -0.39 is 0 Å². The van der Waals surface area contributed by atoms with Crippen LogP contribution < -0.4 is 11.3 Å². The molecular formula is C17H13N3OS. The van der Waals surface area contributed by atoms with Crippen molar-refractivity contribution in [2.45, 2.75) is 0 Å². The van der Waals surface area contributed by atoms with Crippen molar-refractivity contribution in [1.29, 1.82) is 0 Å². The minimum Gasteiger partial charge on any atom is -0.508 e. The van der Waals surface area contributed by atoms with Crippen LogP contribution in [0.5, 0.6) is 5.75 Å². The molecule has 0 spiro atoms. The first kappa shape index (κ1) is 14.1. The van der Waals surface area contributed by atoms with E-state index in [1.807, 2.05) is 30.3 Å². The lowest BCUT2D eigenvalue weighted by Gasteiger charge is -1.97. The molecule has 22 heavy (non-hydrogen) atoms. The van der Waals surface area contributed by atoms with Gasteiger partial charge in [0.25, 0.3) is 0 Å². The molecule has 0 unspecified atom stereocenters. The quantitative estimate of drug-likeness (QED) is 0.386. The van der Waals surface area contributed by atoms with E-state index in [9.17, 15) is 5.11 Å². The molecule has 0 aliphatic rings. The first-order chi connectivity index (χ1) is 10.7. The molecule has 2 aromatic carbocycles. The number of phenols is 1. The monoisotopic (exact) mass is 307 g/mol. The number of benzene rings is 2. The van der Waals surface area contributed by atoms with Gasteiger partial charge in [-0.2, -0.15) is 0 Å². The number of hydrogen-bond acceptors (Lipinski definition) is 5. The minimum atomic E-state index is 0.252. The number of rotatable bonds is 2. The zero-order valence-electron chi connectivity index (χ0n) is 11.6. The van der Waals surface area contributed by atoms with Gasteiger partial charge < -0.3 is 10.5 Å². The van der Waals surface area contributed by atoms with Crippen LogP contribution in [0, 0.1) is 11.8 Å². The van der Waals surface area contributed by atoms with E-state index in [0.29, 0.717) is 0 Å². The summed E-state index contributed by atoms with van der Waals surface area (Å²) in [5.74, 6) is 11.6. The molecule has 3 rings (SSSR count). The van der Waals surface area contributed by atoms with Gasteiger partial charge >= 0.3 is 0 Å². The Labute approximate surface area is 131 Å². The second-order valence-electron chi connectivity index (χ2n) is 4.53. The predicted octanol–water partition coefficient (Wildman–Crippen LogP) is 3.35. The number of nitrogens with two attached hydrogens (primary N) is 1. The van der Waals surface area contributed by atoms with Crippen LogP contribution in [0.15, 0.2) is 48.5 Å². The van der Waals surface area contributed by atoms with Gasteiger partial charge in [-0.25, -0.2) is 4.98 Å². The number of nitrogens with zero attached hydrogens (tertiary/aromatic N) is 1. The van der Waals surface area contributed by atoms with Crippen LogP contribution in [-0.4, -0.2) is 10.1 Å². The lowest BCUT2D eigenvalue weighted by atomic mass is 10.2. The molecule has 5 heteroatoms. The van der Waals surface area contributed by atoms with Gasteiger partial charge in [0, 0.05) is 11.3 Å². The third kappa shape index (κ3) is 3.26. The third-order valence-corrected chi connectivity index (χ3v) is 3.95. The summed E-state index contributed by atoms with van der Waals surface area (Å²) in [6.45, 7) is 0. The second-order valence-corrected chi connectivity index (χ2v) is 5.59. The zero-order chi connectivity index (χ0) is 15.4. The van der Waals surface area contributed by atoms with Crippen molar-refractivity contribution in [2.24, 2.45) is 5.84 Å². The predicted molar refractivity (Wildman–Crippen MR) is 91.4 cm³/mol. The highest BCUT2D eigenvalue weighted by Crippen LogP contribution is 2.26. The standard InChI is InChI=1S/C17H13N3OS/c18-20-13-7-5-12(6-8-13)3-1-2-4-17-19-15-10-9-14(21)11-16(15)22-17/h2,4-11,20-21H,18H2/b4-2+. The molecule has 0 amide bonds. The van der Waals surface area contributed by atoms with E-state index in [4.69, 9.17) is 5.84 Å². The molecule has 3 aromatic rings.